The molecule has 1 amide bonds. The van der Waals surface area contributed by atoms with Crippen LogP contribution in [0.2, 0.25) is 0 Å². The fourth-order valence-electron chi connectivity index (χ4n) is 1.94. The Labute approximate surface area is 115 Å². The molecular formula is C14H26N4O. The van der Waals surface area contributed by atoms with E-state index < -0.39 is 6.04 Å². The van der Waals surface area contributed by atoms with E-state index in [1.54, 1.807) is 0 Å². The predicted molar refractivity (Wildman–Crippen MR) is 78.1 cm³/mol. The van der Waals surface area contributed by atoms with Gasteiger partial charge in [-0.05, 0) is 33.1 Å². The molecule has 5 heteroatoms. The van der Waals surface area contributed by atoms with Crippen molar-refractivity contribution >= 4 is 11.6 Å². The second kappa shape index (κ2) is 5.33. The van der Waals surface area contributed by atoms with Crippen LogP contribution in [0, 0.1) is 19.3 Å². The second-order valence-electron chi connectivity index (χ2n) is 6.42. The van der Waals surface area contributed by atoms with E-state index in [2.05, 4.69) is 24.3 Å². The Hall–Kier alpha value is -1.36. The minimum atomic E-state index is -0.548. The fraction of sp³-hybridized carbons (Fsp3) is 0.714. The quantitative estimate of drug-likeness (QED) is 0.882. The zero-order chi connectivity index (χ0) is 15.0. The minimum absolute atomic E-state index is 0.165. The van der Waals surface area contributed by atoms with E-state index in [0.717, 1.165) is 17.1 Å². The Balaban J connectivity index is 2.98. The standard InChI is InChI=1S/C14H26N4O/c1-8(2)18-10(4)11(9(3)17-18)16-13(19)12(15)14(5,6)7/h8,12H,15H2,1-7H3,(H,16,19). The summed E-state index contributed by atoms with van der Waals surface area (Å²) in [6.45, 7) is 13.8. The fourth-order valence-corrected chi connectivity index (χ4v) is 1.94. The maximum absolute atomic E-state index is 12.2. The summed E-state index contributed by atoms with van der Waals surface area (Å²) < 4.78 is 1.91. The molecule has 1 unspecified atom stereocenters. The van der Waals surface area contributed by atoms with E-state index in [4.69, 9.17) is 5.73 Å². The van der Waals surface area contributed by atoms with Gasteiger partial charge in [-0.3, -0.25) is 9.48 Å². The van der Waals surface area contributed by atoms with Gasteiger partial charge in [0.05, 0.1) is 23.1 Å². The molecular weight excluding hydrogens is 240 g/mol. The number of rotatable bonds is 3. The number of hydrogen-bond donors (Lipinski definition) is 2. The van der Waals surface area contributed by atoms with Crippen molar-refractivity contribution in [3.63, 3.8) is 0 Å². The zero-order valence-corrected chi connectivity index (χ0v) is 13.0. The number of nitrogens with one attached hydrogen (secondary N) is 1. The highest BCUT2D eigenvalue weighted by molar-refractivity contribution is 5.96. The van der Waals surface area contributed by atoms with Gasteiger partial charge in [-0.25, -0.2) is 0 Å². The number of carbonyl (C=O) groups excluding carboxylic acids is 1. The first kappa shape index (κ1) is 15.7. The van der Waals surface area contributed by atoms with E-state index in [1.807, 2.05) is 39.3 Å². The molecule has 5 nitrogen and oxygen atoms in total. The van der Waals surface area contributed by atoms with Crippen molar-refractivity contribution in [3.8, 4) is 0 Å². The van der Waals surface area contributed by atoms with Crippen molar-refractivity contribution in [2.75, 3.05) is 5.32 Å². The van der Waals surface area contributed by atoms with Crippen molar-refractivity contribution in [2.24, 2.45) is 11.1 Å². The average molecular weight is 266 g/mol. The molecule has 0 aliphatic heterocycles. The molecule has 0 saturated heterocycles. The largest absolute Gasteiger partial charge is 0.322 e. The molecule has 0 aliphatic rings. The lowest BCUT2D eigenvalue weighted by Gasteiger charge is -2.25. The van der Waals surface area contributed by atoms with Gasteiger partial charge < -0.3 is 11.1 Å². The van der Waals surface area contributed by atoms with Gasteiger partial charge in [-0.2, -0.15) is 5.10 Å². The van der Waals surface area contributed by atoms with Gasteiger partial charge in [-0.1, -0.05) is 20.8 Å². The zero-order valence-electron chi connectivity index (χ0n) is 13.0. The molecule has 1 aromatic rings. The third-order valence-electron chi connectivity index (χ3n) is 3.28. The Morgan fingerprint density at radius 3 is 2.21 bits per heavy atom. The molecule has 108 valence electrons. The number of hydrogen-bond acceptors (Lipinski definition) is 3. The molecule has 0 saturated carbocycles. The van der Waals surface area contributed by atoms with Crippen LogP contribution in [0.1, 0.15) is 52.0 Å². The van der Waals surface area contributed by atoms with Gasteiger partial charge in [0, 0.05) is 6.04 Å². The van der Waals surface area contributed by atoms with Crippen LogP contribution >= 0.6 is 0 Å². The monoisotopic (exact) mass is 266 g/mol. The highest BCUT2D eigenvalue weighted by atomic mass is 16.2. The number of anilines is 1. The number of carbonyl (C=O) groups is 1. The molecule has 19 heavy (non-hydrogen) atoms. The Bertz CT molecular complexity index is 469. The molecule has 0 spiro atoms. The summed E-state index contributed by atoms with van der Waals surface area (Å²) >= 11 is 0. The molecule has 0 radical (unpaired) electrons. The number of nitrogens with two attached hydrogens (primary N) is 1. The van der Waals surface area contributed by atoms with Crippen molar-refractivity contribution in [1.82, 2.24) is 9.78 Å². The van der Waals surface area contributed by atoms with E-state index >= 15 is 0 Å². The van der Waals surface area contributed by atoms with Gasteiger partial charge in [0.2, 0.25) is 5.91 Å². The van der Waals surface area contributed by atoms with Gasteiger partial charge in [-0.15, -0.1) is 0 Å². The van der Waals surface area contributed by atoms with Crippen molar-refractivity contribution < 1.29 is 4.79 Å². The van der Waals surface area contributed by atoms with Crippen molar-refractivity contribution in [1.29, 1.82) is 0 Å². The van der Waals surface area contributed by atoms with Crippen LogP contribution in [0.4, 0.5) is 5.69 Å². The summed E-state index contributed by atoms with van der Waals surface area (Å²) in [7, 11) is 0. The van der Waals surface area contributed by atoms with E-state index in [1.165, 1.54) is 0 Å². The van der Waals surface area contributed by atoms with Gasteiger partial charge in [0.1, 0.15) is 0 Å². The smallest absolute Gasteiger partial charge is 0.241 e. The summed E-state index contributed by atoms with van der Waals surface area (Å²) in [5, 5.41) is 7.36. The van der Waals surface area contributed by atoms with Crippen LogP contribution < -0.4 is 11.1 Å². The van der Waals surface area contributed by atoms with Gasteiger partial charge >= 0.3 is 0 Å². The lowest BCUT2D eigenvalue weighted by molar-refractivity contribution is -0.119. The highest BCUT2D eigenvalue weighted by Gasteiger charge is 2.28. The SMILES string of the molecule is Cc1nn(C(C)C)c(C)c1NC(=O)C(N)C(C)(C)C. The Morgan fingerprint density at radius 2 is 1.84 bits per heavy atom. The first-order valence-electron chi connectivity index (χ1n) is 6.67. The Kier molecular flexibility index (Phi) is 4.40. The molecule has 1 heterocycles. The second-order valence-corrected chi connectivity index (χ2v) is 6.42. The lowest BCUT2D eigenvalue weighted by atomic mass is 9.87. The summed E-state index contributed by atoms with van der Waals surface area (Å²) in [6, 6.07) is -0.283. The highest BCUT2D eigenvalue weighted by Crippen LogP contribution is 2.24. The van der Waals surface area contributed by atoms with Crippen LogP contribution in [-0.4, -0.2) is 21.7 Å². The molecule has 1 atom stereocenters. The predicted octanol–water partition coefficient (Wildman–Crippen LogP) is 2.39. The number of aromatic nitrogens is 2. The molecule has 0 aliphatic carbocycles. The normalized spacial score (nSPS) is 13.7. The maximum Gasteiger partial charge on any atom is 0.241 e. The Morgan fingerprint density at radius 1 is 1.32 bits per heavy atom. The van der Waals surface area contributed by atoms with Crippen molar-refractivity contribution in [3.05, 3.63) is 11.4 Å². The lowest BCUT2D eigenvalue weighted by Crippen LogP contribution is -2.45. The topological polar surface area (TPSA) is 72.9 Å². The third-order valence-corrected chi connectivity index (χ3v) is 3.28. The number of aryl methyl sites for hydroxylation is 1. The molecule has 0 fully saturated rings. The van der Waals surface area contributed by atoms with Crippen LogP contribution in [0.25, 0.3) is 0 Å². The van der Waals surface area contributed by atoms with E-state index in [9.17, 15) is 4.79 Å². The van der Waals surface area contributed by atoms with Crippen LogP contribution in [0.3, 0.4) is 0 Å². The van der Waals surface area contributed by atoms with Crippen LogP contribution in [-0.2, 0) is 4.79 Å². The molecule has 3 N–H and O–H groups in total. The maximum atomic E-state index is 12.2. The minimum Gasteiger partial charge on any atom is -0.322 e. The van der Waals surface area contributed by atoms with Crippen LogP contribution in [0.5, 0.6) is 0 Å². The van der Waals surface area contributed by atoms with Gasteiger partial charge in [0.15, 0.2) is 0 Å². The average Bonchev–Trinajstić information content (AvgIpc) is 2.54. The number of amides is 1. The summed E-state index contributed by atoms with van der Waals surface area (Å²) in [4.78, 5) is 12.2. The molecule has 1 aromatic heterocycles. The summed E-state index contributed by atoms with van der Waals surface area (Å²) in [6.07, 6.45) is 0. The molecule has 1 rings (SSSR count). The summed E-state index contributed by atoms with van der Waals surface area (Å²) in [5.41, 5.74) is 8.26. The van der Waals surface area contributed by atoms with E-state index in [-0.39, 0.29) is 17.4 Å². The van der Waals surface area contributed by atoms with E-state index in [0.29, 0.717) is 0 Å². The van der Waals surface area contributed by atoms with Crippen molar-refractivity contribution in [2.45, 2.75) is 60.5 Å². The molecule has 0 aromatic carbocycles. The first-order valence-corrected chi connectivity index (χ1v) is 6.67. The summed E-state index contributed by atoms with van der Waals surface area (Å²) in [5.74, 6) is -0.165. The van der Waals surface area contributed by atoms with Gasteiger partial charge in [0.25, 0.3) is 0 Å². The molecule has 0 bridgehead atoms. The number of nitrogens with zero attached hydrogens (tertiary/aromatic N) is 2. The third kappa shape index (κ3) is 3.35. The first-order chi connectivity index (χ1) is 8.55. The van der Waals surface area contributed by atoms with Crippen LogP contribution in [0.15, 0.2) is 0 Å².